The zero-order valence-electron chi connectivity index (χ0n) is 13.5. The third kappa shape index (κ3) is 4.24. The number of nitrogens with zero attached hydrogens (tertiary/aromatic N) is 4. The van der Waals surface area contributed by atoms with Crippen molar-refractivity contribution >= 4 is 17.8 Å². The van der Waals surface area contributed by atoms with Crippen LogP contribution < -0.4 is 0 Å². The molecule has 1 aromatic rings. The molecule has 1 saturated heterocycles. The highest BCUT2D eigenvalue weighted by molar-refractivity contribution is 5.90. The Morgan fingerprint density at radius 1 is 1.09 bits per heavy atom. The molecule has 0 saturated carbocycles. The van der Waals surface area contributed by atoms with Gasteiger partial charge in [-0.2, -0.15) is 0 Å². The van der Waals surface area contributed by atoms with E-state index in [9.17, 15) is 14.4 Å². The molecule has 0 aromatic carbocycles. The van der Waals surface area contributed by atoms with Gasteiger partial charge in [0.15, 0.2) is 11.8 Å². The maximum atomic E-state index is 12.3. The molecule has 23 heavy (non-hydrogen) atoms. The Morgan fingerprint density at radius 2 is 1.70 bits per heavy atom. The molecule has 2 heterocycles. The number of carbonyl (C=O) groups excluding carboxylic acids is 3. The first-order valence-electron chi connectivity index (χ1n) is 7.42. The molecule has 8 nitrogen and oxygen atoms in total. The molecule has 0 bridgehead atoms. The van der Waals surface area contributed by atoms with Crippen molar-refractivity contribution in [2.24, 2.45) is 0 Å². The first-order chi connectivity index (χ1) is 10.9. The van der Waals surface area contributed by atoms with Crippen LogP contribution in [-0.4, -0.2) is 69.8 Å². The summed E-state index contributed by atoms with van der Waals surface area (Å²) in [6, 6.07) is 0. The van der Waals surface area contributed by atoms with Crippen LogP contribution in [0.25, 0.3) is 0 Å². The molecule has 1 aliphatic heterocycles. The minimum atomic E-state index is -0.908. The number of rotatable bonds is 3. The predicted octanol–water partition coefficient (Wildman–Crippen LogP) is 0.0210. The van der Waals surface area contributed by atoms with Gasteiger partial charge in [-0.1, -0.05) is 0 Å². The number of hydrogen-bond acceptors (Lipinski definition) is 6. The van der Waals surface area contributed by atoms with E-state index in [0.717, 1.165) is 0 Å². The van der Waals surface area contributed by atoms with E-state index in [1.54, 1.807) is 16.7 Å². The third-order valence-electron chi connectivity index (χ3n) is 3.66. The fourth-order valence-electron chi connectivity index (χ4n) is 2.27. The lowest BCUT2D eigenvalue weighted by Gasteiger charge is -2.35. The van der Waals surface area contributed by atoms with Crippen molar-refractivity contribution < 1.29 is 19.1 Å². The normalized spacial score (nSPS) is 16.0. The highest BCUT2D eigenvalue weighted by Crippen LogP contribution is 2.08. The van der Waals surface area contributed by atoms with Crippen molar-refractivity contribution in [3.8, 4) is 0 Å². The topological polar surface area (TPSA) is 92.7 Å². The Morgan fingerprint density at radius 3 is 2.22 bits per heavy atom. The van der Waals surface area contributed by atoms with Crippen LogP contribution in [0.3, 0.4) is 0 Å². The molecular weight excluding hydrogens is 300 g/mol. The van der Waals surface area contributed by atoms with Crippen molar-refractivity contribution in [3.05, 3.63) is 23.8 Å². The summed E-state index contributed by atoms with van der Waals surface area (Å²) in [5, 5.41) is 0. The SMILES string of the molecule is CC(=O)N1CCN(C(=O)[C@H](C)OC(=O)c2cnc(C)cn2)CC1. The number of aromatic nitrogens is 2. The monoisotopic (exact) mass is 320 g/mol. The van der Waals surface area contributed by atoms with Crippen LogP contribution >= 0.6 is 0 Å². The molecule has 124 valence electrons. The minimum Gasteiger partial charge on any atom is -0.448 e. The molecule has 0 unspecified atom stereocenters. The first-order valence-corrected chi connectivity index (χ1v) is 7.42. The smallest absolute Gasteiger partial charge is 0.359 e. The zero-order valence-corrected chi connectivity index (χ0v) is 13.5. The van der Waals surface area contributed by atoms with Crippen molar-refractivity contribution in [2.75, 3.05) is 26.2 Å². The number of amides is 2. The summed E-state index contributed by atoms with van der Waals surface area (Å²) in [4.78, 5) is 46.7. The van der Waals surface area contributed by atoms with Crippen molar-refractivity contribution in [2.45, 2.75) is 26.9 Å². The Hall–Kier alpha value is -2.51. The number of carbonyl (C=O) groups is 3. The number of ether oxygens (including phenoxy) is 1. The van der Waals surface area contributed by atoms with E-state index >= 15 is 0 Å². The summed E-state index contributed by atoms with van der Waals surface area (Å²) in [5.41, 5.74) is 0.755. The lowest BCUT2D eigenvalue weighted by Crippen LogP contribution is -2.52. The van der Waals surface area contributed by atoms with Crippen LogP contribution in [0.2, 0.25) is 0 Å². The lowest BCUT2D eigenvalue weighted by molar-refractivity contribution is -0.144. The predicted molar refractivity (Wildman–Crippen MR) is 80.5 cm³/mol. The van der Waals surface area contributed by atoms with Crippen LogP contribution in [0.4, 0.5) is 0 Å². The van der Waals surface area contributed by atoms with E-state index < -0.39 is 12.1 Å². The average Bonchev–Trinajstić information content (AvgIpc) is 2.54. The lowest BCUT2D eigenvalue weighted by atomic mass is 10.2. The third-order valence-corrected chi connectivity index (χ3v) is 3.66. The fraction of sp³-hybridized carbons (Fsp3) is 0.533. The van der Waals surface area contributed by atoms with Gasteiger partial charge in [0, 0.05) is 39.3 Å². The summed E-state index contributed by atoms with van der Waals surface area (Å²) in [6.07, 6.45) is 1.87. The van der Waals surface area contributed by atoms with E-state index in [0.29, 0.717) is 31.9 Å². The maximum Gasteiger partial charge on any atom is 0.359 e. The second-order valence-corrected chi connectivity index (χ2v) is 5.42. The number of hydrogen-bond donors (Lipinski definition) is 0. The van der Waals surface area contributed by atoms with Gasteiger partial charge in [-0.15, -0.1) is 0 Å². The van der Waals surface area contributed by atoms with E-state index in [4.69, 9.17) is 4.74 Å². The second-order valence-electron chi connectivity index (χ2n) is 5.42. The average molecular weight is 320 g/mol. The van der Waals surface area contributed by atoms with Gasteiger partial charge in [0.2, 0.25) is 5.91 Å². The Balaban J connectivity index is 1.89. The summed E-state index contributed by atoms with van der Waals surface area (Å²) >= 11 is 0. The van der Waals surface area contributed by atoms with Crippen LogP contribution in [-0.2, 0) is 14.3 Å². The van der Waals surface area contributed by atoms with Crippen LogP contribution in [0.15, 0.2) is 12.4 Å². The molecule has 1 fully saturated rings. The van der Waals surface area contributed by atoms with Gasteiger partial charge in [-0.3, -0.25) is 14.6 Å². The minimum absolute atomic E-state index is 0.00507. The fourth-order valence-corrected chi connectivity index (χ4v) is 2.27. The van der Waals surface area contributed by atoms with Gasteiger partial charge in [-0.25, -0.2) is 9.78 Å². The molecule has 0 N–H and O–H groups in total. The molecule has 1 aromatic heterocycles. The first kappa shape index (κ1) is 16.9. The standard InChI is InChI=1S/C15H20N4O4/c1-10-8-17-13(9-16-10)15(22)23-11(2)14(21)19-6-4-18(5-7-19)12(3)20/h8-9,11H,4-7H2,1-3H3/t11-/m0/s1. The van der Waals surface area contributed by atoms with Crippen molar-refractivity contribution in [3.63, 3.8) is 0 Å². The number of aryl methyl sites for hydroxylation is 1. The second kappa shape index (κ2) is 7.17. The van der Waals surface area contributed by atoms with Gasteiger partial charge in [0.05, 0.1) is 11.9 Å². The zero-order chi connectivity index (χ0) is 17.0. The van der Waals surface area contributed by atoms with Gasteiger partial charge in [0.25, 0.3) is 5.91 Å². The number of piperazine rings is 1. The summed E-state index contributed by atoms with van der Waals surface area (Å²) < 4.78 is 5.15. The van der Waals surface area contributed by atoms with Gasteiger partial charge >= 0.3 is 5.97 Å². The molecule has 0 aliphatic carbocycles. The highest BCUT2D eigenvalue weighted by atomic mass is 16.5. The van der Waals surface area contributed by atoms with Gasteiger partial charge in [0.1, 0.15) is 0 Å². The summed E-state index contributed by atoms with van der Waals surface area (Å²) in [5.74, 6) is -0.961. The molecule has 2 amide bonds. The van der Waals surface area contributed by atoms with Crippen LogP contribution in [0.1, 0.15) is 30.0 Å². The van der Waals surface area contributed by atoms with E-state index in [1.165, 1.54) is 26.2 Å². The molecule has 1 atom stereocenters. The Kier molecular flexibility index (Phi) is 5.25. The van der Waals surface area contributed by atoms with E-state index in [-0.39, 0.29) is 17.5 Å². The van der Waals surface area contributed by atoms with Crippen molar-refractivity contribution in [1.82, 2.24) is 19.8 Å². The molecule has 2 rings (SSSR count). The Bertz CT molecular complexity index is 594. The van der Waals surface area contributed by atoms with Gasteiger partial charge in [-0.05, 0) is 13.8 Å². The van der Waals surface area contributed by atoms with Crippen LogP contribution in [0.5, 0.6) is 0 Å². The van der Waals surface area contributed by atoms with Gasteiger partial charge < -0.3 is 14.5 Å². The molecule has 1 aliphatic rings. The summed E-state index contributed by atoms with van der Waals surface area (Å²) in [6.45, 7) is 6.64. The Labute approximate surface area is 134 Å². The maximum absolute atomic E-state index is 12.3. The number of esters is 1. The quantitative estimate of drug-likeness (QED) is 0.729. The van der Waals surface area contributed by atoms with Crippen LogP contribution in [0, 0.1) is 6.92 Å². The molecule has 0 radical (unpaired) electrons. The summed E-state index contributed by atoms with van der Waals surface area (Å²) in [7, 11) is 0. The van der Waals surface area contributed by atoms with E-state index in [1.807, 2.05) is 0 Å². The highest BCUT2D eigenvalue weighted by Gasteiger charge is 2.28. The van der Waals surface area contributed by atoms with Crippen molar-refractivity contribution in [1.29, 1.82) is 0 Å². The molecule has 0 spiro atoms. The molecular formula is C15H20N4O4. The molecule has 8 heteroatoms. The van der Waals surface area contributed by atoms with E-state index in [2.05, 4.69) is 9.97 Å². The largest absolute Gasteiger partial charge is 0.448 e.